The topological polar surface area (TPSA) is 109 Å². The van der Waals surface area contributed by atoms with E-state index in [4.69, 9.17) is 4.74 Å². The molecule has 0 aromatic heterocycles. The highest BCUT2D eigenvalue weighted by Gasteiger charge is 2.27. The zero-order chi connectivity index (χ0) is 15.7. The van der Waals surface area contributed by atoms with Crippen LogP contribution in [0, 0.1) is 0 Å². The van der Waals surface area contributed by atoms with Crippen molar-refractivity contribution in [2.45, 2.75) is 25.9 Å². The van der Waals surface area contributed by atoms with Crippen LogP contribution in [0.4, 0.5) is 11.4 Å². The Kier molecular flexibility index (Phi) is 3.50. The molecule has 2 heterocycles. The number of hydrogen-bond acceptors (Lipinski definition) is 5. The van der Waals surface area contributed by atoms with Crippen LogP contribution in [0.2, 0.25) is 0 Å². The lowest BCUT2D eigenvalue weighted by molar-refractivity contribution is -0.123. The van der Waals surface area contributed by atoms with Crippen molar-refractivity contribution in [3.8, 4) is 5.75 Å². The summed E-state index contributed by atoms with van der Waals surface area (Å²) in [6.45, 7) is 1.64. The number of hydrazone groups is 1. The SMILES string of the molecule is CC1Oc2cccc(NC(=O)C3=NNC(=O)CC3)c2NC1=O. The van der Waals surface area contributed by atoms with E-state index in [9.17, 15) is 14.4 Å². The quantitative estimate of drug-likeness (QED) is 0.743. The first-order valence-electron chi connectivity index (χ1n) is 6.82. The van der Waals surface area contributed by atoms with E-state index in [0.29, 0.717) is 17.1 Å². The summed E-state index contributed by atoms with van der Waals surface area (Å²) in [6.07, 6.45) is -0.0975. The molecule has 8 nitrogen and oxygen atoms in total. The van der Waals surface area contributed by atoms with Crippen LogP contribution in [0.15, 0.2) is 23.3 Å². The number of rotatable bonds is 2. The van der Waals surface area contributed by atoms with Crippen molar-refractivity contribution in [2.24, 2.45) is 5.10 Å². The van der Waals surface area contributed by atoms with Gasteiger partial charge < -0.3 is 15.4 Å². The predicted octanol–water partition coefficient (Wildman–Crippen LogP) is 0.610. The number of nitrogens with one attached hydrogen (secondary N) is 3. The smallest absolute Gasteiger partial charge is 0.271 e. The van der Waals surface area contributed by atoms with Gasteiger partial charge in [0.25, 0.3) is 11.8 Å². The van der Waals surface area contributed by atoms with E-state index >= 15 is 0 Å². The highest BCUT2D eigenvalue weighted by atomic mass is 16.5. The Morgan fingerprint density at radius 2 is 2.18 bits per heavy atom. The van der Waals surface area contributed by atoms with E-state index in [1.807, 2.05) is 0 Å². The predicted molar refractivity (Wildman–Crippen MR) is 78.6 cm³/mol. The van der Waals surface area contributed by atoms with Crippen LogP contribution in [0.25, 0.3) is 0 Å². The average Bonchev–Trinajstić information content (AvgIpc) is 2.50. The van der Waals surface area contributed by atoms with Crippen molar-refractivity contribution < 1.29 is 19.1 Å². The van der Waals surface area contributed by atoms with E-state index in [-0.39, 0.29) is 30.4 Å². The molecule has 2 aliphatic heterocycles. The van der Waals surface area contributed by atoms with Crippen molar-refractivity contribution in [1.29, 1.82) is 0 Å². The Bertz CT molecular complexity index is 698. The molecule has 1 unspecified atom stereocenters. The molecule has 8 heteroatoms. The number of amides is 3. The molecule has 0 saturated carbocycles. The van der Waals surface area contributed by atoms with Gasteiger partial charge in [0, 0.05) is 12.8 Å². The van der Waals surface area contributed by atoms with Gasteiger partial charge >= 0.3 is 0 Å². The highest BCUT2D eigenvalue weighted by Crippen LogP contribution is 2.36. The molecule has 1 aromatic rings. The van der Waals surface area contributed by atoms with Gasteiger partial charge in [-0.15, -0.1) is 0 Å². The summed E-state index contributed by atoms with van der Waals surface area (Å²) in [5, 5.41) is 9.11. The third-order valence-corrected chi connectivity index (χ3v) is 3.36. The normalized spacial score (nSPS) is 20.0. The first kappa shape index (κ1) is 14.1. The third-order valence-electron chi connectivity index (χ3n) is 3.36. The molecule has 1 aromatic carbocycles. The fraction of sp³-hybridized carbons (Fsp3) is 0.286. The summed E-state index contributed by atoms with van der Waals surface area (Å²) >= 11 is 0. The van der Waals surface area contributed by atoms with E-state index < -0.39 is 12.0 Å². The number of carbonyl (C=O) groups excluding carboxylic acids is 3. The van der Waals surface area contributed by atoms with Gasteiger partial charge in [0.1, 0.15) is 17.1 Å². The van der Waals surface area contributed by atoms with Crippen LogP contribution in [0.5, 0.6) is 5.75 Å². The van der Waals surface area contributed by atoms with Crippen molar-refractivity contribution in [3.63, 3.8) is 0 Å². The monoisotopic (exact) mass is 302 g/mol. The van der Waals surface area contributed by atoms with Crippen molar-refractivity contribution in [1.82, 2.24) is 5.43 Å². The standard InChI is InChI=1S/C14H14N4O4/c1-7-13(20)16-12-8(3-2-4-10(12)22-7)15-14(21)9-5-6-11(19)18-17-9/h2-4,7H,5-6H2,1H3,(H,15,21)(H,16,20)(H,18,19). The minimum Gasteiger partial charge on any atom is -0.479 e. The molecule has 3 rings (SSSR count). The number of nitrogens with zero attached hydrogens (tertiary/aromatic N) is 1. The molecule has 3 amide bonds. The van der Waals surface area contributed by atoms with Crippen LogP contribution in [0.1, 0.15) is 19.8 Å². The summed E-state index contributed by atoms with van der Waals surface area (Å²) in [7, 11) is 0. The zero-order valence-corrected chi connectivity index (χ0v) is 11.8. The fourth-order valence-electron chi connectivity index (χ4n) is 2.16. The Morgan fingerprint density at radius 3 is 2.91 bits per heavy atom. The van der Waals surface area contributed by atoms with E-state index in [0.717, 1.165) is 0 Å². The number of hydrogen-bond donors (Lipinski definition) is 3. The van der Waals surface area contributed by atoms with Gasteiger partial charge in [0.2, 0.25) is 5.91 Å². The second-order valence-electron chi connectivity index (χ2n) is 4.98. The Labute approximate surface area is 125 Å². The van der Waals surface area contributed by atoms with Gasteiger partial charge in [-0.3, -0.25) is 14.4 Å². The number of anilines is 2. The lowest BCUT2D eigenvalue weighted by Gasteiger charge is -2.25. The highest BCUT2D eigenvalue weighted by molar-refractivity contribution is 6.44. The second kappa shape index (κ2) is 5.47. The molecule has 0 fully saturated rings. The summed E-state index contributed by atoms with van der Waals surface area (Å²) in [5.41, 5.74) is 3.33. The maximum atomic E-state index is 12.2. The third kappa shape index (κ3) is 2.62. The molecule has 0 radical (unpaired) electrons. The summed E-state index contributed by atoms with van der Waals surface area (Å²) in [4.78, 5) is 34.9. The van der Waals surface area contributed by atoms with Gasteiger partial charge in [-0.1, -0.05) is 6.07 Å². The first-order chi connectivity index (χ1) is 10.5. The lowest BCUT2D eigenvalue weighted by atomic mass is 10.1. The molecule has 114 valence electrons. The van der Waals surface area contributed by atoms with Crippen LogP contribution < -0.4 is 20.8 Å². The maximum Gasteiger partial charge on any atom is 0.271 e. The molecule has 0 aliphatic carbocycles. The van der Waals surface area contributed by atoms with Crippen LogP contribution in [-0.4, -0.2) is 29.5 Å². The fourth-order valence-corrected chi connectivity index (χ4v) is 2.16. The molecule has 2 aliphatic rings. The average molecular weight is 302 g/mol. The Hall–Kier alpha value is -2.90. The molecular formula is C14H14N4O4. The van der Waals surface area contributed by atoms with Gasteiger partial charge in [-0.2, -0.15) is 5.10 Å². The molecule has 1 atom stereocenters. The van der Waals surface area contributed by atoms with Crippen molar-refractivity contribution in [2.75, 3.05) is 10.6 Å². The van der Waals surface area contributed by atoms with Crippen molar-refractivity contribution >= 4 is 34.8 Å². The largest absolute Gasteiger partial charge is 0.479 e. The number of carbonyl (C=O) groups is 3. The minimum atomic E-state index is -0.587. The maximum absolute atomic E-state index is 12.2. The van der Waals surface area contributed by atoms with Crippen LogP contribution >= 0.6 is 0 Å². The molecule has 0 bridgehead atoms. The van der Waals surface area contributed by atoms with Crippen molar-refractivity contribution in [3.05, 3.63) is 18.2 Å². The minimum absolute atomic E-state index is 0.219. The van der Waals surface area contributed by atoms with Crippen LogP contribution in [0.3, 0.4) is 0 Å². The van der Waals surface area contributed by atoms with Gasteiger partial charge in [0.05, 0.1) is 5.69 Å². The van der Waals surface area contributed by atoms with Crippen LogP contribution in [-0.2, 0) is 14.4 Å². The number of ether oxygens (including phenoxy) is 1. The zero-order valence-electron chi connectivity index (χ0n) is 11.8. The molecule has 22 heavy (non-hydrogen) atoms. The number of para-hydroxylation sites is 1. The number of fused-ring (bicyclic) bond motifs is 1. The molecular weight excluding hydrogens is 288 g/mol. The van der Waals surface area contributed by atoms with Gasteiger partial charge in [-0.05, 0) is 19.1 Å². The van der Waals surface area contributed by atoms with Gasteiger partial charge in [0.15, 0.2) is 6.10 Å². The van der Waals surface area contributed by atoms with E-state index in [2.05, 4.69) is 21.2 Å². The van der Waals surface area contributed by atoms with E-state index in [1.54, 1.807) is 25.1 Å². The molecule has 3 N–H and O–H groups in total. The molecule has 0 spiro atoms. The Balaban J connectivity index is 1.82. The summed E-state index contributed by atoms with van der Waals surface area (Å²) in [5.74, 6) is -0.440. The van der Waals surface area contributed by atoms with E-state index in [1.165, 1.54) is 0 Å². The van der Waals surface area contributed by atoms with Gasteiger partial charge in [-0.25, -0.2) is 5.43 Å². The first-order valence-corrected chi connectivity index (χ1v) is 6.82. The lowest BCUT2D eigenvalue weighted by Crippen LogP contribution is -2.36. The number of benzene rings is 1. The summed E-state index contributed by atoms with van der Waals surface area (Å²) < 4.78 is 5.48. The second-order valence-corrected chi connectivity index (χ2v) is 4.98. The Morgan fingerprint density at radius 1 is 1.36 bits per heavy atom. The molecule has 0 saturated heterocycles. The summed E-state index contributed by atoms with van der Waals surface area (Å²) in [6, 6.07) is 5.07.